The Labute approximate surface area is 162 Å². The second kappa shape index (κ2) is 7.86. The molecule has 3 aromatic rings. The molecule has 0 spiro atoms. The van der Waals surface area contributed by atoms with Crippen LogP contribution in [0.25, 0.3) is 11.0 Å². The van der Waals surface area contributed by atoms with Crippen molar-refractivity contribution in [3.05, 3.63) is 64.3 Å². The molecule has 28 heavy (non-hydrogen) atoms. The van der Waals surface area contributed by atoms with Crippen molar-refractivity contribution in [2.75, 3.05) is 13.2 Å². The largest absolute Gasteiger partial charge is 0.396 e. The lowest BCUT2D eigenvalue weighted by Crippen LogP contribution is -2.32. The molecule has 3 rings (SSSR count). The molecule has 0 radical (unpaired) electrons. The van der Waals surface area contributed by atoms with E-state index < -0.39 is 15.9 Å². The first-order valence-electron chi connectivity index (χ1n) is 8.74. The van der Waals surface area contributed by atoms with E-state index in [1.165, 1.54) is 27.3 Å². The molecule has 0 saturated carbocycles. The average molecular weight is 407 g/mol. The van der Waals surface area contributed by atoms with Gasteiger partial charge in [0.05, 0.1) is 15.9 Å². The smallest absolute Gasteiger partial charge is 0.328 e. The minimum atomic E-state index is -3.86. The standard InChI is InChI=1S/C19H22FN3O4S/c1-22-17-8-7-15(10-18(17)23(2)19(22)25)28(26,27)21-11-13(12-24)9-14-5-3-4-6-16(14)20/h3-8,10,13,21,24H,9,11-12H2,1-2H3. The van der Waals surface area contributed by atoms with Crippen molar-refractivity contribution in [2.24, 2.45) is 20.0 Å². The number of halogens is 1. The summed E-state index contributed by atoms with van der Waals surface area (Å²) in [5.41, 5.74) is 1.30. The molecule has 0 aliphatic carbocycles. The molecule has 150 valence electrons. The minimum Gasteiger partial charge on any atom is -0.396 e. The summed E-state index contributed by atoms with van der Waals surface area (Å²) in [7, 11) is -0.668. The van der Waals surface area contributed by atoms with Crippen molar-refractivity contribution in [2.45, 2.75) is 11.3 Å². The third-order valence-corrected chi connectivity index (χ3v) is 6.26. The summed E-state index contributed by atoms with van der Waals surface area (Å²) in [6, 6.07) is 10.6. The topological polar surface area (TPSA) is 93.3 Å². The van der Waals surface area contributed by atoms with Crippen LogP contribution >= 0.6 is 0 Å². The third-order valence-electron chi connectivity index (χ3n) is 4.84. The van der Waals surface area contributed by atoms with Crippen molar-refractivity contribution in [1.82, 2.24) is 13.9 Å². The highest BCUT2D eigenvalue weighted by Gasteiger charge is 2.20. The second-order valence-corrected chi connectivity index (χ2v) is 8.51. The second-order valence-electron chi connectivity index (χ2n) is 6.75. The number of nitrogens with one attached hydrogen (secondary N) is 1. The zero-order chi connectivity index (χ0) is 20.5. The number of nitrogens with zero attached hydrogens (tertiary/aromatic N) is 2. The number of aliphatic hydroxyl groups excluding tert-OH is 1. The fourth-order valence-corrected chi connectivity index (χ4v) is 4.28. The van der Waals surface area contributed by atoms with E-state index in [4.69, 9.17) is 0 Å². The number of hydrogen-bond acceptors (Lipinski definition) is 4. The van der Waals surface area contributed by atoms with Gasteiger partial charge in [0.1, 0.15) is 5.82 Å². The first kappa shape index (κ1) is 20.2. The van der Waals surface area contributed by atoms with Crippen LogP contribution in [0.2, 0.25) is 0 Å². The maximum Gasteiger partial charge on any atom is 0.328 e. The lowest BCUT2D eigenvalue weighted by atomic mass is 10.00. The number of aliphatic hydroxyl groups is 1. The summed E-state index contributed by atoms with van der Waals surface area (Å²) in [6.07, 6.45) is 0.206. The molecule has 9 heteroatoms. The van der Waals surface area contributed by atoms with Gasteiger partial charge in [-0.3, -0.25) is 9.13 Å². The van der Waals surface area contributed by atoms with Gasteiger partial charge in [0.15, 0.2) is 0 Å². The van der Waals surface area contributed by atoms with E-state index in [0.29, 0.717) is 16.6 Å². The lowest BCUT2D eigenvalue weighted by Gasteiger charge is -2.16. The Morgan fingerprint density at radius 2 is 1.79 bits per heavy atom. The van der Waals surface area contributed by atoms with E-state index in [0.717, 1.165) is 0 Å². The quantitative estimate of drug-likeness (QED) is 0.614. The van der Waals surface area contributed by atoms with E-state index in [1.807, 2.05) is 0 Å². The summed E-state index contributed by atoms with van der Waals surface area (Å²) in [5, 5.41) is 9.56. The highest BCUT2D eigenvalue weighted by atomic mass is 32.2. The first-order chi connectivity index (χ1) is 13.2. The molecule has 2 aromatic carbocycles. The Morgan fingerprint density at radius 3 is 2.46 bits per heavy atom. The van der Waals surface area contributed by atoms with Gasteiger partial charge >= 0.3 is 5.69 Å². The van der Waals surface area contributed by atoms with Crippen LogP contribution in [0.15, 0.2) is 52.2 Å². The molecule has 0 amide bonds. The van der Waals surface area contributed by atoms with Gasteiger partial charge in [-0.25, -0.2) is 22.3 Å². The van der Waals surface area contributed by atoms with Gasteiger partial charge in [0, 0.05) is 27.2 Å². The Morgan fingerprint density at radius 1 is 1.11 bits per heavy atom. The van der Waals surface area contributed by atoms with Gasteiger partial charge in [-0.1, -0.05) is 18.2 Å². The number of aryl methyl sites for hydroxylation is 2. The molecule has 1 heterocycles. The predicted octanol–water partition coefficient (Wildman–Crippen LogP) is 1.15. The molecule has 0 bridgehead atoms. The maximum atomic E-state index is 13.8. The monoisotopic (exact) mass is 407 g/mol. The van der Waals surface area contributed by atoms with E-state index in [1.54, 1.807) is 38.4 Å². The molecule has 2 N–H and O–H groups in total. The molecular weight excluding hydrogens is 385 g/mol. The molecular formula is C19H22FN3O4S. The number of benzene rings is 2. The fraction of sp³-hybridized carbons (Fsp3) is 0.316. The summed E-state index contributed by atoms with van der Waals surface area (Å²) >= 11 is 0. The van der Waals surface area contributed by atoms with E-state index in [2.05, 4.69) is 4.72 Å². The Bertz CT molecular complexity index is 1170. The molecule has 0 aliphatic rings. The highest BCUT2D eigenvalue weighted by Crippen LogP contribution is 2.18. The molecule has 1 unspecified atom stereocenters. The zero-order valence-electron chi connectivity index (χ0n) is 15.6. The molecule has 7 nitrogen and oxygen atoms in total. The van der Waals surface area contributed by atoms with Gasteiger partial charge in [-0.05, 0) is 42.2 Å². The van der Waals surface area contributed by atoms with Crippen LogP contribution in [0.5, 0.6) is 0 Å². The number of fused-ring (bicyclic) bond motifs is 1. The molecule has 0 aliphatic heterocycles. The third kappa shape index (κ3) is 3.87. The van der Waals surface area contributed by atoms with Crippen molar-refractivity contribution in [3.8, 4) is 0 Å². The number of aromatic nitrogens is 2. The normalized spacial score (nSPS) is 13.1. The number of sulfonamides is 1. The van der Waals surface area contributed by atoms with Crippen LogP contribution in [0.3, 0.4) is 0 Å². The van der Waals surface area contributed by atoms with Gasteiger partial charge in [0.25, 0.3) is 0 Å². The number of imidazole rings is 1. The minimum absolute atomic E-state index is 0.0174. The van der Waals surface area contributed by atoms with Crippen LogP contribution in [-0.4, -0.2) is 35.8 Å². The van der Waals surface area contributed by atoms with Gasteiger partial charge in [-0.2, -0.15) is 0 Å². The summed E-state index contributed by atoms with van der Waals surface area (Å²) in [5.74, 6) is -0.865. The fourth-order valence-electron chi connectivity index (χ4n) is 3.14. The van der Waals surface area contributed by atoms with E-state index >= 15 is 0 Å². The maximum absolute atomic E-state index is 13.8. The SMILES string of the molecule is Cn1c(=O)n(C)c2cc(S(=O)(=O)NCC(CO)Cc3ccccc3F)ccc21. The molecule has 1 aromatic heterocycles. The first-order valence-corrected chi connectivity index (χ1v) is 10.2. The van der Waals surface area contributed by atoms with Crippen LogP contribution in [0, 0.1) is 11.7 Å². The van der Waals surface area contributed by atoms with Crippen molar-refractivity contribution in [1.29, 1.82) is 0 Å². The van der Waals surface area contributed by atoms with Crippen molar-refractivity contribution in [3.63, 3.8) is 0 Å². The number of rotatable bonds is 7. The Kier molecular flexibility index (Phi) is 5.69. The van der Waals surface area contributed by atoms with E-state index in [-0.39, 0.29) is 36.0 Å². The summed E-state index contributed by atoms with van der Waals surface area (Å²) in [4.78, 5) is 12.0. The van der Waals surface area contributed by atoms with Crippen LogP contribution in [0.4, 0.5) is 4.39 Å². The Balaban J connectivity index is 1.79. The average Bonchev–Trinajstić information content (AvgIpc) is 2.90. The molecule has 0 saturated heterocycles. The van der Waals surface area contributed by atoms with E-state index in [9.17, 15) is 22.7 Å². The van der Waals surface area contributed by atoms with Gasteiger partial charge in [-0.15, -0.1) is 0 Å². The highest BCUT2D eigenvalue weighted by molar-refractivity contribution is 7.89. The van der Waals surface area contributed by atoms with Crippen LogP contribution in [-0.2, 0) is 30.5 Å². The zero-order valence-corrected chi connectivity index (χ0v) is 16.4. The molecule has 1 atom stereocenters. The van der Waals surface area contributed by atoms with Gasteiger partial charge < -0.3 is 5.11 Å². The Hall–Kier alpha value is -2.49. The number of hydrogen-bond donors (Lipinski definition) is 2. The van der Waals surface area contributed by atoms with Crippen molar-refractivity contribution >= 4 is 21.1 Å². The van der Waals surface area contributed by atoms with Crippen molar-refractivity contribution < 1.29 is 17.9 Å². The van der Waals surface area contributed by atoms with Gasteiger partial charge in [0.2, 0.25) is 10.0 Å². The predicted molar refractivity (Wildman–Crippen MR) is 104 cm³/mol. The van der Waals surface area contributed by atoms with Crippen LogP contribution in [0.1, 0.15) is 5.56 Å². The lowest BCUT2D eigenvalue weighted by molar-refractivity contribution is 0.226. The summed E-state index contributed by atoms with van der Waals surface area (Å²) < 4.78 is 44.4. The summed E-state index contributed by atoms with van der Waals surface area (Å²) in [6.45, 7) is -0.331. The van der Waals surface area contributed by atoms with Crippen LogP contribution < -0.4 is 10.4 Å². The molecule has 0 fully saturated rings.